The molecular weight excluding hydrogens is 422 g/mol. The molecule has 5 nitrogen and oxygen atoms in total. The number of anilines is 1. The molecule has 0 radical (unpaired) electrons. The molecule has 0 aliphatic carbocycles. The number of aromatic nitrogens is 3. The van der Waals surface area contributed by atoms with Crippen molar-refractivity contribution in [2.24, 2.45) is 0 Å². The summed E-state index contributed by atoms with van der Waals surface area (Å²) in [6.45, 7) is 4.48. The molecule has 4 rings (SSSR count). The van der Waals surface area contributed by atoms with E-state index in [1.54, 1.807) is 19.1 Å². The van der Waals surface area contributed by atoms with Crippen LogP contribution in [0.1, 0.15) is 24.5 Å². The van der Waals surface area contributed by atoms with Crippen molar-refractivity contribution in [3.8, 4) is 11.3 Å². The molecule has 10 heteroatoms. The van der Waals surface area contributed by atoms with Crippen LogP contribution in [-0.2, 0) is 6.18 Å². The van der Waals surface area contributed by atoms with Gasteiger partial charge in [-0.3, -0.25) is 0 Å². The number of nitrogens with zero attached hydrogens (tertiary/aromatic N) is 3. The van der Waals surface area contributed by atoms with Gasteiger partial charge in [0.1, 0.15) is 11.5 Å². The molecule has 1 fully saturated rings. The largest absolute Gasteiger partial charge is 0.416 e. The van der Waals surface area contributed by atoms with E-state index in [-0.39, 0.29) is 19.0 Å². The minimum absolute atomic E-state index is 0. The fourth-order valence-corrected chi connectivity index (χ4v) is 3.58. The topological polar surface area (TPSA) is 54.2 Å². The molecule has 1 aliphatic heterocycles. The van der Waals surface area contributed by atoms with E-state index in [1.807, 2.05) is 6.92 Å². The van der Waals surface area contributed by atoms with Gasteiger partial charge in [-0.1, -0.05) is 12.1 Å². The zero-order chi connectivity index (χ0) is 20.8. The minimum Gasteiger partial charge on any atom is -0.363 e. The van der Waals surface area contributed by atoms with Crippen LogP contribution >= 0.6 is 12.4 Å². The molecule has 2 unspecified atom stereocenters. The summed E-state index contributed by atoms with van der Waals surface area (Å²) >= 11 is 0. The van der Waals surface area contributed by atoms with Crippen LogP contribution in [-0.4, -0.2) is 39.4 Å². The molecule has 0 amide bonds. The lowest BCUT2D eigenvalue weighted by molar-refractivity contribution is -0.137. The van der Waals surface area contributed by atoms with Gasteiger partial charge in [0.15, 0.2) is 5.65 Å². The number of imidazole rings is 1. The second kappa shape index (κ2) is 8.03. The second-order valence-electron chi connectivity index (χ2n) is 7.50. The Morgan fingerprint density at radius 1 is 1.27 bits per heavy atom. The van der Waals surface area contributed by atoms with Gasteiger partial charge < -0.3 is 10.6 Å². The second-order valence-corrected chi connectivity index (χ2v) is 7.50. The quantitative estimate of drug-likeness (QED) is 0.576. The van der Waals surface area contributed by atoms with Gasteiger partial charge in [0.2, 0.25) is 0 Å². The zero-order valence-electron chi connectivity index (χ0n) is 16.4. The van der Waals surface area contributed by atoms with Crippen LogP contribution in [0.4, 0.5) is 23.4 Å². The highest BCUT2D eigenvalue weighted by atomic mass is 35.5. The van der Waals surface area contributed by atoms with E-state index < -0.39 is 23.5 Å². The summed E-state index contributed by atoms with van der Waals surface area (Å²) in [5.41, 5.74) is -0.0613. The minimum atomic E-state index is -4.44. The lowest BCUT2D eigenvalue weighted by atomic mass is 9.96. The number of fused-ring (bicyclic) bond motifs is 1. The standard InChI is InChI=1S/C20H21F4N5.ClH/c1-12-8-17-26-10-16(14-4-3-5-15(9-14)20(22,23)24)29(17)28-18(12)27-13(2)19(21)6-7-25-11-19;/h3-5,8-10,13,25H,6-7,11H2,1-2H3,(H,27,28);1H. The van der Waals surface area contributed by atoms with Crippen LogP contribution < -0.4 is 10.6 Å². The normalized spacial score (nSPS) is 20.2. The van der Waals surface area contributed by atoms with E-state index in [9.17, 15) is 17.6 Å². The first-order valence-electron chi connectivity index (χ1n) is 9.36. The first-order chi connectivity index (χ1) is 13.7. The maximum atomic E-state index is 15.0. The Morgan fingerprint density at radius 2 is 2.03 bits per heavy atom. The molecule has 2 N–H and O–H groups in total. The highest BCUT2D eigenvalue weighted by Crippen LogP contribution is 2.33. The Morgan fingerprint density at radius 3 is 2.70 bits per heavy atom. The zero-order valence-corrected chi connectivity index (χ0v) is 17.2. The SMILES string of the molecule is Cc1cc2ncc(-c3cccc(C(F)(F)F)c3)n2nc1NC(C)C1(F)CCNC1.Cl. The fraction of sp³-hybridized carbons (Fsp3) is 0.400. The fourth-order valence-electron chi connectivity index (χ4n) is 3.58. The summed E-state index contributed by atoms with van der Waals surface area (Å²) in [4.78, 5) is 4.27. The van der Waals surface area contributed by atoms with Gasteiger partial charge in [-0.2, -0.15) is 13.2 Å². The Balaban J connectivity index is 0.00000256. The Labute approximate surface area is 177 Å². The van der Waals surface area contributed by atoms with Crippen molar-refractivity contribution in [2.75, 3.05) is 18.4 Å². The number of hydrogen-bond acceptors (Lipinski definition) is 4. The summed E-state index contributed by atoms with van der Waals surface area (Å²) in [5, 5.41) is 10.7. The van der Waals surface area contributed by atoms with Crippen molar-refractivity contribution in [2.45, 2.75) is 38.2 Å². The van der Waals surface area contributed by atoms with E-state index in [1.165, 1.54) is 16.8 Å². The summed E-state index contributed by atoms with van der Waals surface area (Å²) in [6.07, 6.45) is -2.54. The van der Waals surface area contributed by atoms with E-state index in [0.717, 1.165) is 17.7 Å². The molecule has 0 saturated carbocycles. The molecule has 3 heterocycles. The van der Waals surface area contributed by atoms with Crippen LogP contribution in [0.2, 0.25) is 0 Å². The number of benzene rings is 1. The number of rotatable bonds is 4. The number of hydrogen-bond donors (Lipinski definition) is 2. The Kier molecular flexibility index (Phi) is 5.97. The van der Waals surface area contributed by atoms with E-state index in [2.05, 4.69) is 20.7 Å². The number of halogens is 5. The van der Waals surface area contributed by atoms with Gasteiger partial charge in [-0.05, 0) is 50.6 Å². The molecule has 2 atom stereocenters. The predicted molar refractivity (Wildman–Crippen MR) is 110 cm³/mol. The average molecular weight is 444 g/mol. The molecular formula is C20H22ClF4N5. The lowest BCUT2D eigenvalue weighted by Crippen LogP contribution is -2.43. The highest BCUT2D eigenvalue weighted by Gasteiger charge is 2.39. The average Bonchev–Trinajstić information content (AvgIpc) is 3.28. The number of aryl methyl sites for hydroxylation is 1. The summed E-state index contributed by atoms with van der Waals surface area (Å²) in [7, 11) is 0. The molecule has 30 heavy (non-hydrogen) atoms. The Hall–Kier alpha value is -2.39. The molecule has 3 aromatic rings. The van der Waals surface area contributed by atoms with Gasteiger partial charge in [0, 0.05) is 12.1 Å². The predicted octanol–water partition coefficient (Wildman–Crippen LogP) is 4.65. The van der Waals surface area contributed by atoms with E-state index in [0.29, 0.717) is 35.7 Å². The molecule has 162 valence electrons. The van der Waals surface area contributed by atoms with Crippen molar-refractivity contribution < 1.29 is 17.6 Å². The monoisotopic (exact) mass is 443 g/mol. The van der Waals surface area contributed by atoms with Crippen LogP contribution in [0.3, 0.4) is 0 Å². The highest BCUT2D eigenvalue weighted by molar-refractivity contribution is 5.85. The van der Waals surface area contributed by atoms with Crippen molar-refractivity contribution >= 4 is 23.9 Å². The van der Waals surface area contributed by atoms with Crippen LogP contribution in [0.5, 0.6) is 0 Å². The summed E-state index contributed by atoms with van der Waals surface area (Å²) in [6, 6.07) is 6.32. The van der Waals surface area contributed by atoms with Crippen LogP contribution in [0.25, 0.3) is 16.9 Å². The third-order valence-electron chi connectivity index (χ3n) is 5.43. The number of alkyl halides is 4. The molecule has 0 spiro atoms. The lowest BCUT2D eigenvalue weighted by Gasteiger charge is -2.28. The first-order valence-corrected chi connectivity index (χ1v) is 9.36. The third kappa shape index (κ3) is 4.09. The molecule has 0 bridgehead atoms. The van der Waals surface area contributed by atoms with Crippen LogP contribution in [0.15, 0.2) is 36.5 Å². The maximum Gasteiger partial charge on any atom is 0.416 e. The molecule has 1 aromatic carbocycles. The van der Waals surface area contributed by atoms with E-state index in [4.69, 9.17) is 0 Å². The van der Waals surface area contributed by atoms with Gasteiger partial charge in [-0.25, -0.2) is 13.9 Å². The molecule has 1 saturated heterocycles. The van der Waals surface area contributed by atoms with Gasteiger partial charge in [-0.15, -0.1) is 17.5 Å². The molecule has 1 aliphatic rings. The van der Waals surface area contributed by atoms with Crippen molar-refractivity contribution in [1.29, 1.82) is 0 Å². The smallest absolute Gasteiger partial charge is 0.363 e. The maximum absolute atomic E-state index is 15.0. The first kappa shape index (κ1) is 22.3. The van der Waals surface area contributed by atoms with Gasteiger partial charge in [0.25, 0.3) is 0 Å². The molecule has 2 aromatic heterocycles. The van der Waals surface area contributed by atoms with Crippen molar-refractivity contribution in [3.05, 3.63) is 47.7 Å². The van der Waals surface area contributed by atoms with E-state index >= 15 is 0 Å². The third-order valence-corrected chi connectivity index (χ3v) is 5.43. The Bertz CT molecular complexity index is 1040. The van der Waals surface area contributed by atoms with Crippen molar-refractivity contribution in [3.63, 3.8) is 0 Å². The van der Waals surface area contributed by atoms with Gasteiger partial charge >= 0.3 is 6.18 Å². The summed E-state index contributed by atoms with van der Waals surface area (Å²) < 4.78 is 55.7. The summed E-state index contributed by atoms with van der Waals surface area (Å²) in [5.74, 6) is 0.472. The van der Waals surface area contributed by atoms with Crippen LogP contribution in [0, 0.1) is 6.92 Å². The van der Waals surface area contributed by atoms with Crippen molar-refractivity contribution in [1.82, 2.24) is 19.9 Å². The van der Waals surface area contributed by atoms with Gasteiger partial charge in [0.05, 0.1) is 23.5 Å². The number of nitrogens with one attached hydrogen (secondary N) is 2.